The second-order valence-corrected chi connectivity index (χ2v) is 11.5. The van der Waals surface area contributed by atoms with E-state index in [0.717, 1.165) is 18.4 Å². The van der Waals surface area contributed by atoms with E-state index in [4.69, 9.17) is 18.9 Å². The van der Waals surface area contributed by atoms with E-state index in [9.17, 15) is 9.90 Å². The van der Waals surface area contributed by atoms with Gasteiger partial charge in [0.05, 0.1) is 57.3 Å². The van der Waals surface area contributed by atoms with Crippen molar-refractivity contribution in [2.24, 2.45) is 29.6 Å². The van der Waals surface area contributed by atoms with Crippen LogP contribution in [-0.4, -0.2) is 49.2 Å². The summed E-state index contributed by atoms with van der Waals surface area (Å²) in [6, 6.07) is 20.3. The van der Waals surface area contributed by atoms with Gasteiger partial charge < -0.3 is 24.1 Å². The molecule has 1 fully saturated rings. The minimum atomic E-state index is -0.902. The smallest absolute Gasteiger partial charge is 0.311 e. The zero-order chi connectivity index (χ0) is 28.4. The van der Waals surface area contributed by atoms with Crippen LogP contribution in [0.2, 0.25) is 0 Å². The summed E-state index contributed by atoms with van der Waals surface area (Å²) in [5.41, 5.74) is 2.23. The van der Waals surface area contributed by atoms with Crippen LogP contribution in [0.15, 0.2) is 60.7 Å². The molecule has 216 valence electrons. The highest BCUT2D eigenvalue weighted by molar-refractivity contribution is 5.72. The van der Waals surface area contributed by atoms with Gasteiger partial charge in [0.25, 0.3) is 0 Å². The van der Waals surface area contributed by atoms with Crippen LogP contribution < -0.4 is 0 Å². The Balaban J connectivity index is 1.69. The Bertz CT molecular complexity index is 967. The highest BCUT2D eigenvalue weighted by Crippen LogP contribution is 2.37. The third-order valence-corrected chi connectivity index (χ3v) is 8.39. The van der Waals surface area contributed by atoms with E-state index in [1.165, 1.54) is 12.7 Å². The first kappa shape index (κ1) is 31.3. The van der Waals surface area contributed by atoms with Gasteiger partial charge in [-0.15, -0.1) is 0 Å². The van der Waals surface area contributed by atoms with E-state index < -0.39 is 18.0 Å². The molecule has 1 saturated heterocycles. The summed E-state index contributed by atoms with van der Waals surface area (Å²) in [7, 11) is 1.35. The summed E-state index contributed by atoms with van der Waals surface area (Å²) in [5.74, 6) is -0.783. The monoisotopic (exact) mass is 540 g/mol. The van der Waals surface area contributed by atoms with E-state index in [1.807, 2.05) is 55.5 Å². The molecule has 1 aliphatic rings. The Morgan fingerprint density at radius 1 is 0.949 bits per heavy atom. The molecule has 6 heteroatoms. The van der Waals surface area contributed by atoms with Crippen molar-refractivity contribution in [2.45, 2.75) is 85.1 Å². The maximum Gasteiger partial charge on any atom is 0.311 e. The highest BCUT2D eigenvalue weighted by Gasteiger charge is 2.42. The van der Waals surface area contributed by atoms with Gasteiger partial charge in [0.2, 0.25) is 0 Å². The first-order valence-corrected chi connectivity index (χ1v) is 14.4. The standard InChI is InChI=1S/C33H48O6/c1-22-17-18-29(23(2)19-37-20-27-13-9-7-10-14-27)39-31(22)26(5)32(38-21-28-15-11-8-12-16-28)24(3)30(34)25(4)33(35)36-6/h7-16,22-26,29-32,34H,17-21H2,1-6H3/t22-,23+,24-,25-,26+,29-,30-,31-,32-/m0/s1. The normalized spacial score (nSPS) is 24.2. The van der Waals surface area contributed by atoms with Gasteiger partial charge in [-0.3, -0.25) is 4.79 Å². The summed E-state index contributed by atoms with van der Waals surface area (Å²) in [6.45, 7) is 11.9. The molecule has 1 heterocycles. The summed E-state index contributed by atoms with van der Waals surface area (Å²) < 4.78 is 24.3. The van der Waals surface area contributed by atoms with Crippen LogP contribution in [0.5, 0.6) is 0 Å². The fraction of sp³-hybridized carbons (Fsp3) is 0.606. The number of rotatable bonds is 14. The average Bonchev–Trinajstić information content (AvgIpc) is 2.97. The maximum absolute atomic E-state index is 12.2. The number of methoxy groups -OCH3 is 1. The van der Waals surface area contributed by atoms with Crippen molar-refractivity contribution in [2.75, 3.05) is 13.7 Å². The van der Waals surface area contributed by atoms with Gasteiger partial charge in [-0.05, 0) is 36.8 Å². The SMILES string of the molecule is COC(=O)[C@@H](C)[C@@H](O)[C@H](C)[C@H](OCc1ccccc1)[C@H](C)[C@H]1O[C@H]([C@H](C)COCc2ccccc2)CC[C@@H]1C. The zero-order valence-corrected chi connectivity index (χ0v) is 24.5. The second-order valence-electron chi connectivity index (χ2n) is 11.5. The molecule has 3 rings (SSSR count). The fourth-order valence-corrected chi connectivity index (χ4v) is 5.81. The Hall–Kier alpha value is -2.25. The van der Waals surface area contributed by atoms with E-state index in [0.29, 0.717) is 25.7 Å². The minimum absolute atomic E-state index is 0.00144. The van der Waals surface area contributed by atoms with Gasteiger partial charge in [-0.25, -0.2) is 0 Å². The number of aliphatic hydroxyl groups is 1. The number of benzene rings is 2. The molecule has 6 nitrogen and oxygen atoms in total. The Morgan fingerprint density at radius 3 is 2.13 bits per heavy atom. The number of carbonyl (C=O) groups is 1. The van der Waals surface area contributed by atoms with Gasteiger partial charge in [0.15, 0.2) is 0 Å². The molecule has 0 spiro atoms. The highest BCUT2D eigenvalue weighted by atomic mass is 16.5. The zero-order valence-electron chi connectivity index (χ0n) is 24.5. The topological polar surface area (TPSA) is 74.2 Å². The van der Waals surface area contributed by atoms with Crippen molar-refractivity contribution in [1.29, 1.82) is 0 Å². The van der Waals surface area contributed by atoms with Crippen molar-refractivity contribution in [3.05, 3.63) is 71.8 Å². The van der Waals surface area contributed by atoms with Crippen LogP contribution in [0, 0.1) is 29.6 Å². The summed E-state index contributed by atoms with van der Waals surface area (Å²) >= 11 is 0. The average molecular weight is 541 g/mol. The molecule has 1 N–H and O–H groups in total. The molecule has 0 saturated carbocycles. The number of esters is 1. The molecule has 0 bridgehead atoms. The van der Waals surface area contributed by atoms with Crippen LogP contribution in [-0.2, 0) is 37.0 Å². The lowest BCUT2D eigenvalue weighted by molar-refractivity contribution is -0.173. The lowest BCUT2D eigenvalue weighted by Gasteiger charge is -2.44. The molecule has 0 radical (unpaired) electrons. The molecule has 2 aromatic carbocycles. The van der Waals surface area contributed by atoms with Crippen molar-refractivity contribution in [1.82, 2.24) is 0 Å². The maximum atomic E-state index is 12.2. The number of carbonyl (C=O) groups excluding carboxylic acids is 1. The molecule has 39 heavy (non-hydrogen) atoms. The van der Waals surface area contributed by atoms with Crippen molar-refractivity contribution in [3.8, 4) is 0 Å². The Kier molecular flexibility index (Phi) is 12.4. The van der Waals surface area contributed by atoms with Crippen LogP contribution >= 0.6 is 0 Å². The molecular formula is C33H48O6. The molecule has 0 aromatic heterocycles. The van der Waals surface area contributed by atoms with E-state index in [1.54, 1.807) is 6.92 Å². The van der Waals surface area contributed by atoms with E-state index >= 15 is 0 Å². The molecule has 0 aliphatic carbocycles. The number of ether oxygens (including phenoxy) is 4. The van der Waals surface area contributed by atoms with Gasteiger partial charge in [0.1, 0.15) is 0 Å². The fourth-order valence-electron chi connectivity index (χ4n) is 5.81. The Labute approximate surface area is 235 Å². The third kappa shape index (κ3) is 8.87. The van der Waals surface area contributed by atoms with Crippen molar-refractivity contribution < 1.29 is 28.8 Å². The first-order valence-electron chi connectivity index (χ1n) is 14.4. The summed E-state index contributed by atoms with van der Waals surface area (Å²) in [4.78, 5) is 12.2. The van der Waals surface area contributed by atoms with Crippen molar-refractivity contribution in [3.63, 3.8) is 0 Å². The number of hydrogen-bond acceptors (Lipinski definition) is 6. The van der Waals surface area contributed by atoms with Crippen LogP contribution in [0.4, 0.5) is 0 Å². The van der Waals surface area contributed by atoms with E-state index in [2.05, 4.69) is 32.9 Å². The first-order chi connectivity index (χ1) is 18.7. The number of aliphatic hydroxyl groups excluding tert-OH is 1. The Morgan fingerprint density at radius 2 is 1.54 bits per heavy atom. The van der Waals surface area contributed by atoms with Crippen LogP contribution in [0.1, 0.15) is 58.6 Å². The van der Waals surface area contributed by atoms with Gasteiger partial charge in [-0.2, -0.15) is 0 Å². The predicted molar refractivity (Wildman–Crippen MR) is 153 cm³/mol. The lowest BCUT2D eigenvalue weighted by Crippen LogP contribution is -2.49. The minimum Gasteiger partial charge on any atom is -0.469 e. The third-order valence-electron chi connectivity index (χ3n) is 8.39. The van der Waals surface area contributed by atoms with Crippen molar-refractivity contribution >= 4 is 5.97 Å². The molecule has 0 amide bonds. The molecular weight excluding hydrogens is 492 g/mol. The molecule has 1 aliphatic heterocycles. The van der Waals surface area contributed by atoms with Crippen LogP contribution in [0.3, 0.4) is 0 Å². The summed E-state index contributed by atoms with van der Waals surface area (Å²) in [6.07, 6.45) is 0.887. The van der Waals surface area contributed by atoms with Gasteiger partial charge in [-0.1, -0.05) is 88.4 Å². The quantitative estimate of drug-likeness (QED) is 0.294. The molecule has 0 unspecified atom stereocenters. The van der Waals surface area contributed by atoms with Crippen LogP contribution in [0.25, 0.3) is 0 Å². The van der Waals surface area contributed by atoms with Gasteiger partial charge in [0, 0.05) is 17.8 Å². The molecule has 9 atom stereocenters. The number of hydrogen-bond donors (Lipinski definition) is 1. The second kappa shape index (κ2) is 15.5. The lowest BCUT2D eigenvalue weighted by atomic mass is 9.77. The van der Waals surface area contributed by atoms with Gasteiger partial charge >= 0.3 is 5.97 Å². The van der Waals surface area contributed by atoms with E-state index in [-0.39, 0.29) is 36.1 Å². The summed E-state index contributed by atoms with van der Waals surface area (Å²) in [5, 5.41) is 11.2. The molecule has 2 aromatic rings. The largest absolute Gasteiger partial charge is 0.469 e. The predicted octanol–water partition coefficient (Wildman–Crippen LogP) is 6.05.